The van der Waals surface area contributed by atoms with Crippen LogP contribution in [-0.2, 0) is 21.2 Å². The normalized spacial score (nSPS) is 13.9. The van der Waals surface area contributed by atoms with E-state index in [0.29, 0.717) is 31.8 Å². The molecule has 1 aliphatic heterocycles. The monoisotopic (exact) mass is 509 g/mol. The molecule has 0 saturated carbocycles. The maximum atomic E-state index is 12.6. The van der Waals surface area contributed by atoms with Gasteiger partial charge in [0.2, 0.25) is 10.0 Å². The summed E-state index contributed by atoms with van der Waals surface area (Å²) in [5, 5.41) is 0. The average Bonchev–Trinajstić information content (AvgIpc) is 2.92. The number of hydrogen-bond donors (Lipinski definition) is 1. The van der Waals surface area contributed by atoms with E-state index in [2.05, 4.69) is 9.62 Å². The molecule has 3 aromatic carbocycles. The molecule has 0 bridgehead atoms. The lowest BCUT2D eigenvalue weighted by molar-refractivity contribution is -0.133. The molecule has 4 rings (SSSR count). The summed E-state index contributed by atoms with van der Waals surface area (Å²) in [5.41, 5.74) is 2.17. The third-order valence-electron chi connectivity index (χ3n) is 6.11. The van der Waals surface area contributed by atoms with Crippen molar-refractivity contribution in [2.24, 2.45) is 0 Å². The van der Waals surface area contributed by atoms with Crippen molar-refractivity contribution in [2.45, 2.75) is 11.3 Å². The molecule has 0 atom stereocenters. The van der Waals surface area contributed by atoms with Crippen molar-refractivity contribution in [3.05, 3.63) is 84.4 Å². The van der Waals surface area contributed by atoms with Crippen LogP contribution in [0.3, 0.4) is 0 Å². The minimum Gasteiger partial charge on any atom is -0.497 e. The zero-order valence-corrected chi connectivity index (χ0v) is 21.1. The maximum Gasteiger partial charge on any atom is 0.260 e. The maximum absolute atomic E-state index is 12.6. The minimum atomic E-state index is -3.62. The smallest absolute Gasteiger partial charge is 0.260 e. The highest BCUT2D eigenvalue weighted by Gasteiger charge is 2.22. The van der Waals surface area contributed by atoms with Gasteiger partial charge in [0.25, 0.3) is 5.91 Å². The first-order chi connectivity index (χ1) is 17.4. The Bertz CT molecular complexity index is 1220. The van der Waals surface area contributed by atoms with Crippen LogP contribution in [0.15, 0.2) is 83.8 Å². The largest absolute Gasteiger partial charge is 0.497 e. The molecule has 190 valence electrons. The molecule has 1 saturated heterocycles. The fraction of sp³-hybridized carbons (Fsp3) is 0.296. The van der Waals surface area contributed by atoms with Gasteiger partial charge in [-0.15, -0.1) is 0 Å². The van der Waals surface area contributed by atoms with Crippen LogP contribution in [0.5, 0.6) is 11.5 Å². The van der Waals surface area contributed by atoms with Crippen molar-refractivity contribution in [1.82, 2.24) is 9.62 Å². The number of nitrogens with zero attached hydrogens (tertiary/aromatic N) is 2. The number of anilines is 1. The molecule has 0 spiro atoms. The number of carbonyl (C=O) groups excluding carboxylic acids is 1. The average molecular weight is 510 g/mol. The lowest BCUT2D eigenvalue weighted by atomic mass is 10.2. The summed E-state index contributed by atoms with van der Waals surface area (Å²) in [6.07, 6.45) is 0.609. The number of ether oxygens (including phenoxy) is 2. The summed E-state index contributed by atoms with van der Waals surface area (Å²) in [6.45, 7) is 2.92. The van der Waals surface area contributed by atoms with Gasteiger partial charge < -0.3 is 19.3 Å². The number of hydrogen-bond acceptors (Lipinski definition) is 6. The van der Waals surface area contributed by atoms with E-state index in [0.717, 1.165) is 30.1 Å². The summed E-state index contributed by atoms with van der Waals surface area (Å²) < 4.78 is 38.5. The molecule has 1 amide bonds. The van der Waals surface area contributed by atoms with Crippen molar-refractivity contribution in [2.75, 3.05) is 51.3 Å². The summed E-state index contributed by atoms with van der Waals surface area (Å²) in [6, 6.07) is 23.7. The second-order valence-corrected chi connectivity index (χ2v) is 10.2. The molecule has 1 N–H and O–H groups in total. The lowest BCUT2D eigenvalue weighted by Gasteiger charge is -2.36. The van der Waals surface area contributed by atoms with Gasteiger partial charge in [-0.05, 0) is 60.5 Å². The Morgan fingerprint density at radius 2 is 1.50 bits per heavy atom. The van der Waals surface area contributed by atoms with Gasteiger partial charge in [-0.2, -0.15) is 0 Å². The Labute approximate surface area is 212 Å². The molecule has 3 aromatic rings. The van der Waals surface area contributed by atoms with Crippen LogP contribution < -0.4 is 19.1 Å². The summed E-state index contributed by atoms with van der Waals surface area (Å²) >= 11 is 0. The van der Waals surface area contributed by atoms with E-state index in [-0.39, 0.29) is 17.4 Å². The third kappa shape index (κ3) is 6.77. The number of carbonyl (C=O) groups is 1. The van der Waals surface area contributed by atoms with Crippen molar-refractivity contribution < 1.29 is 22.7 Å². The van der Waals surface area contributed by atoms with Crippen molar-refractivity contribution in [3.8, 4) is 11.5 Å². The molecular formula is C27H31N3O5S. The molecule has 1 heterocycles. The Morgan fingerprint density at radius 3 is 2.14 bits per heavy atom. The molecule has 1 aliphatic rings. The molecule has 1 fully saturated rings. The highest BCUT2D eigenvalue weighted by molar-refractivity contribution is 7.89. The van der Waals surface area contributed by atoms with Crippen LogP contribution >= 0.6 is 0 Å². The van der Waals surface area contributed by atoms with E-state index in [4.69, 9.17) is 9.47 Å². The van der Waals surface area contributed by atoms with Gasteiger partial charge in [0, 0.05) is 38.4 Å². The number of amides is 1. The molecule has 9 heteroatoms. The number of methoxy groups -OCH3 is 1. The van der Waals surface area contributed by atoms with Gasteiger partial charge in [0.1, 0.15) is 11.5 Å². The summed E-state index contributed by atoms with van der Waals surface area (Å²) in [7, 11) is -1.98. The highest BCUT2D eigenvalue weighted by Crippen LogP contribution is 2.21. The van der Waals surface area contributed by atoms with Gasteiger partial charge in [0.05, 0.1) is 12.0 Å². The first kappa shape index (κ1) is 25.5. The zero-order valence-electron chi connectivity index (χ0n) is 20.3. The molecular weight excluding hydrogens is 478 g/mol. The Morgan fingerprint density at radius 1 is 0.861 bits per heavy atom. The van der Waals surface area contributed by atoms with Crippen LogP contribution in [0.2, 0.25) is 0 Å². The van der Waals surface area contributed by atoms with E-state index in [1.165, 1.54) is 12.1 Å². The predicted molar refractivity (Wildman–Crippen MR) is 139 cm³/mol. The first-order valence-electron chi connectivity index (χ1n) is 11.9. The number of rotatable bonds is 10. The number of piperazine rings is 1. The van der Waals surface area contributed by atoms with Crippen LogP contribution in [0.1, 0.15) is 5.56 Å². The molecule has 8 nitrogen and oxygen atoms in total. The van der Waals surface area contributed by atoms with Crippen molar-refractivity contribution in [3.63, 3.8) is 0 Å². The minimum absolute atomic E-state index is 0.0933. The summed E-state index contributed by atoms with van der Waals surface area (Å²) in [5.74, 6) is 1.17. The number of benzene rings is 3. The van der Waals surface area contributed by atoms with E-state index < -0.39 is 10.0 Å². The van der Waals surface area contributed by atoms with E-state index >= 15 is 0 Å². The second-order valence-electron chi connectivity index (χ2n) is 8.46. The Balaban J connectivity index is 1.21. The quantitative estimate of drug-likeness (QED) is 0.452. The zero-order chi connectivity index (χ0) is 25.4. The Kier molecular flexibility index (Phi) is 8.45. The fourth-order valence-electron chi connectivity index (χ4n) is 4.02. The van der Waals surface area contributed by atoms with Gasteiger partial charge >= 0.3 is 0 Å². The second kappa shape index (κ2) is 11.9. The van der Waals surface area contributed by atoms with E-state index in [1.807, 2.05) is 54.6 Å². The SMILES string of the molecule is COc1ccc(N2CCN(C(=O)COc3ccc(S(=O)(=O)NCCc4ccccc4)cc3)CC2)cc1. The van der Waals surface area contributed by atoms with E-state index in [9.17, 15) is 13.2 Å². The Hall–Kier alpha value is -3.56. The third-order valence-corrected chi connectivity index (χ3v) is 7.59. The number of nitrogens with one attached hydrogen (secondary N) is 1. The van der Waals surface area contributed by atoms with Crippen molar-refractivity contribution in [1.29, 1.82) is 0 Å². The lowest BCUT2D eigenvalue weighted by Crippen LogP contribution is -2.50. The topological polar surface area (TPSA) is 88.2 Å². The predicted octanol–water partition coefficient (Wildman–Crippen LogP) is 2.94. The van der Waals surface area contributed by atoms with Gasteiger partial charge in [-0.25, -0.2) is 13.1 Å². The fourth-order valence-corrected chi connectivity index (χ4v) is 5.05. The van der Waals surface area contributed by atoms with Crippen molar-refractivity contribution >= 4 is 21.6 Å². The molecule has 0 aliphatic carbocycles. The van der Waals surface area contributed by atoms with Crippen LogP contribution in [0, 0.1) is 0 Å². The van der Waals surface area contributed by atoms with Gasteiger partial charge in [-0.3, -0.25) is 4.79 Å². The van der Waals surface area contributed by atoms with Crippen LogP contribution in [-0.4, -0.2) is 65.7 Å². The van der Waals surface area contributed by atoms with Gasteiger partial charge in [0.15, 0.2) is 6.61 Å². The highest BCUT2D eigenvalue weighted by atomic mass is 32.2. The number of sulfonamides is 1. The molecule has 0 aromatic heterocycles. The van der Waals surface area contributed by atoms with E-state index in [1.54, 1.807) is 24.1 Å². The summed E-state index contributed by atoms with van der Waals surface area (Å²) in [4.78, 5) is 16.8. The van der Waals surface area contributed by atoms with Crippen LogP contribution in [0.25, 0.3) is 0 Å². The standard InChI is InChI=1S/C27H31N3O5S/c1-34-24-9-7-23(8-10-24)29-17-19-30(20-18-29)27(31)21-35-25-11-13-26(14-12-25)36(32,33)28-16-15-22-5-3-2-4-6-22/h2-14,28H,15-21H2,1H3. The molecule has 0 unspecified atom stereocenters. The first-order valence-corrected chi connectivity index (χ1v) is 13.4. The molecule has 0 radical (unpaired) electrons. The molecule has 36 heavy (non-hydrogen) atoms. The van der Waals surface area contributed by atoms with Crippen LogP contribution in [0.4, 0.5) is 5.69 Å². The van der Waals surface area contributed by atoms with Gasteiger partial charge in [-0.1, -0.05) is 30.3 Å².